The molecule has 1 aliphatic heterocycles. The topological polar surface area (TPSA) is 84.4 Å². The van der Waals surface area contributed by atoms with Crippen molar-refractivity contribution in [3.8, 4) is 0 Å². The number of hydrogen-bond acceptors (Lipinski definition) is 5. The molecule has 3 rings (SSSR count). The predicted octanol–water partition coefficient (Wildman–Crippen LogP) is 1.73. The lowest BCUT2D eigenvalue weighted by Crippen LogP contribution is -2.40. The van der Waals surface area contributed by atoms with Crippen molar-refractivity contribution in [1.29, 1.82) is 0 Å². The van der Waals surface area contributed by atoms with Crippen molar-refractivity contribution in [1.82, 2.24) is 20.2 Å². The van der Waals surface area contributed by atoms with Crippen molar-refractivity contribution in [2.24, 2.45) is 11.8 Å². The van der Waals surface area contributed by atoms with Crippen LogP contribution in [0, 0.1) is 11.8 Å². The molecule has 2 amide bonds. The van der Waals surface area contributed by atoms with Crippen LogP contribution in [0.25, 0.3) is 0 Å². The number of rotatable bonds is 2. The summed E-state index contributed by atoms with van der Waals surface area (Å²) in [4.78, 5) is 33.4. The van der Waals surface area contributed by atoms with Gasteiger partial charge in [-0.25, -0.2) is 14.8 Å². The molecular formula is C15H19ClN4O3. The van der Waals surface area contributed by atoms with E-state index in [9.17, 15) is 9.59 Å². The van der Waals surface area contributed by atoms with E-state index in [1.54, 1.807) is 4.90 Å². The van der Waals surface area contributed by atoms with Crippen LogP contribution in [-0.2, 0) is 4.74 Å². The maximum absolute atomic E-state index is 12.1. The van der Waals surface area contributed by atoms with Crippen LogP contribution >= 0.6 is 11.6 Å². The molecule has 2 heterocycles. The van der Waals surface area contributed by atoms with E-state index in [0.717, 1.165) is 0 Å². The zero-order chi connectivity index (χ0) is 16.8. The molecule has 1 aromatic heterocycles. The summed E-state index contributed by atoms with van der Waals surface area (Å²) in [6, 6.07) is 0.0943. The van der Waals surface area contributed by atoms with E-state index >= 15 is 0 Å². The third-order valence-electron chi connectivity index (χ3n) is 4.03. The normalized spacial score (nSPS) is 25.7. The summed E-state index contributed by atoms with van der Waals surface area (Å²) in [5.41, 5.74) is -0.116. The molecule has 7 nitrogen and oxygen atoms in total. The average Bonchev–Trinajstić information content (AvgIpc) is 2.90. The summed E-state index contributed by atoms with van der Waals surface area (Å²) in [6.07, 6.45) is 2.51. The van der Waals surface area contributed by atoms with Crippen LogP contribution in [0.3, 0.4) is 0 Å². The lowest BCUT2D eigenvalue weighted by molar-refractivity contribution is 0.0270. The van der Waals surface area contributed by atoms with Gasteiger partial charge in [0, 0.05) is 43.4 Å². The molecule has 8 heteroatoms. The summed E-state index contributed by atoms with van der Waals surface area (Å²) in [5, 5.41) is 3.07. The SMILES string of the molecule is CC(C)(C)OC(=O)N1C[C@@H]2C(NC(=O)c3cnc(Cl)nc3)[C@@H]2C1. The Bertz CT molecular complexity index is 617. The van der Waals surface area contributed by atoms with E-state index in [1.165, 1.54) is 12.4 Å². The van der Waals surface area contributed by atoms with Gasteiger partial charge in [0.1, 0.15) is 5.60 Å². The van der Waals surface area contributed by atoms with Gasteiger partial charge in [-0.3, -0.25) is 4.79 Å². The largest absolute Gasteiger partial charge is 0.444 e. The highest BCUT2D eigenvalue weighted by Crippen LogP contribution is 2.45. The number of nitrogens with one attached hydrogen (secondary N) is 1. The molecule has 2 fully saturated rings. The highest BCUT2D eigenvalue weighted by Gasteiger charge is 2.58. The van der Waals surface area contributed by atoms with Crippen LogP contribution in [0.4, 0.5) is 4.79 Å². The Balaban J connectivity index is 1.49. The molecule has 1 aromatic rings. The Hall–Kier alpha value is -1.89. The van der Waals surface area contributed by atoms with Gasteiger partial charge < -0.3 is 15.0 Å². The molecule has 1 N–H and O–H groups in total. The summed E-state index contributed by atoms with van der Waals surface area (Å²) in [6.45, 7) is 6.76. The minimum absolute atomic E-state index is 0.0943. The van der Waals surface area contributed by atoms with Crippen molar-refractivity contribution in [3.05, 3.63) is 23.2 Å². The number of amides is 2. The van der Waals surface area contributed by atoms with Gasteiger partial charge in [0.15, 0.2) is 0 Å². The van der Waals surface area contributed by atoms with Gasteiger partial charge in [0.2, 0.25) is 5.28 Å². The Kier molecular flexibility index (Phi) is 3.91. The van der Waals surface area contributed by atoms with Crippen molar-refractivity contribution in [2.75, 3.05) is 13.1 Å². The number of nitrogens with zero attached hydrogens (tertiary/aromatic N) is 3. The second kappa shape index (κ2) is 5.63. The fourth-order valence-electron chi connectivity index (χ4n) is 2.88. The van der Waals surface area contributed by atoms with E-state index in [4.69, 9.17) is 16.3 Å². The fraction of sp³-hybridized carbons (Fsp3) is 0.600. The smallest absolute Gasteiger partial charge is 0.410 e. The number of likely N-dealkylation sites (tertiary alicyclic amines) is 1. The molecule has 1 saturated heterocycles. The van der Waals surface area contributed by atoms with Gasteiger partial charge in [-0.1, -0.05) is 0 Å². The van der Waals surface area contributed by atoms with Gasteiger partial charge >= 0.3 is 6.09 Å². The van der Waals surface area contributed by atoms with Gasteiger partial charge in [-0.15, -0.1) is 0 Å². The molecule has 1 aliphatic carbocycles. The zero-order valence-electron chi connectivity index (χ0n) is 13.2. The van der Waals surface area contributed by atoms with Gasteiger partial charge in [0.25, 0.3) is 5.91 Å². The number of piperidine rings is 1. The Morgan fingerprint density at radius 2 is 1.83 bits per heavy atom. The van der Waals surface area contributed by atoms with E-state index in [-0.39, 0.29) is 23.3 Å². The molecule has 0 bridgehead atoms. The number of hydrogen-bond donors (Lipinski definition) is 1. The van der Waals surface area contributed by atoms with Crippen molar-refractivity contribution in [2.45, 2.75) is 32.4 Å². The van der Waals surface area contributed by atoms with Crippen molar-refractivity contribution >= 4 is 23.6 Å². The highest BCUT2D eigenvalue weighted by molar-refractivity contribution is 6.28. The van der Waals surface area contributed by atoms with Gasteiger partial charge in [-0.2, -0.15) is 0 Å². The maximum Gasteiger partial charge on any atom is 0.410 e. The molecule has 2 aliphatic rings. The first-order valence-corrected chi connectivity index (χ1v) is 7.89. The number of halogens is 1. The number of carbonyl (C=O) groups excluding carboxylic acids is 2. The van der Waals surface area contributed by atoms with Crippen molar-refractivity contribution < 1.29 is 14.3 Å². The first kappa shape index (κ1) is 16.0. The van der Waals surface area contributed by atoms with E-state index in [0.29, 0.717) is 30.5 Å². The monoisotopic (exact) mass is 338 g/mol. The third-order valence-corrected chi connectivity index (χ3v) is 4.22. The van der Waals surface area contributed by atoms with E-state index < -0.39 is 5.60 Å². The third kappa shape index (κ3) is 3.55. The average molecular weight is 339 g/mol. The second-order valence-corrected chi connectivity index (χ2v) is 7.29. The van der Waals surface area contributed by atoms with E-state index in [1.807, 2.05) is 20.8 Å². The van der Waals surface area contributed by atoms with E-state index in [2.05, 4.69) is 15.3 Å². The molecule has 1 unspecified atom stereocenters. The first-order chi connectivity index (χ1) is 10.7. The Morgan fingerprint density at radius 3 is 2.35 bits per heavy atom. The fourth-order valence-corrected chi connectivity index (χ4v) is 2.98. The predicted molar refractivity (Wildman–Crippen MR) is 83.1 cm³/mol. The summed E-state index contributed by atoms with van der Waals surface area (Å²) >= 11 is 5.60. The van der Waals surface area contributed by atoms with Crippen LogP contribution in [0.5, 0.6) is 0 Å². The standard InChI is InChI=1S/C15H19ClN4O3/c1-15(2,3)23-14(22)20-6-9-10(7-20)11(9)19-12(21)8-4-17-13(16)18-5-8/h4-5,9-11H,6-7H2,1-3H3,(H,19,21)/t9-,10+,11?. The number of fused-ring (bicyclic) bond motifs is 1. The highest BCUT2D eigenvalue weighted by atomic mass is 35.5. The summed E-state index contributed by atoms with van der Waals surface area (Å²) < 4.78 is 5.36. The quantitative estimate of drug-likeness (QED) is 0.830. The molecule has 1 saturated carbocycles. The minimum Gasteiger partial charge on any atom is -0.444 e. The second-order valence-electron chi connectivity index (χ2n) is 6.95. The van der Waals surface area contributed by atoms with Crippen molar-refractivity contribution in [3.63, 3.8) is 0 Å². The maximum atomic E-state index is 12.1. The molecule has 3 atom stereocenters. The lowest BCUT2D eigenvalue weighted by atomic mass is 10.2. The Morgan fingerprint density at radius 1 is 1.26 bits per heavy atom. The van der Waals surface area contributed by atoms with Crippen LogP contribution in [-0.4, -0.2) is 51.6 Å². The Labute approximate surface area is 139 Å². The van der Waals surface area contributed by atoms with Crippen LogP contribution in [0.15, 0.2) is 12.4 Å². The molecule has 0 spiro atoms. The molecule has 124 valence electrons. The molecule has 23 heavy (non-hydrogen) atoms. The number of aromatic nitrogens is 2. The summed E-state index contributed by atoms with van der Waals surface area (Å²) in [5.74, 6) is 0.365. The number of ether oxygens (including phenoxy) is 1. The van der Waals surface area contributed by atoms with Gasteiger partial charge in [-0.05, 0) is 32.4 Å². The van der Waals surface area contributed by atoms with Crippen LogP contribution < -0.4 is 5.32 Å². The molecule has 0 radical (unpaired) electrons. The first-order valence-electron chi connectivity index (χ1n) is 7.51. The summed E-state index contributed by atoms with van der Waals surface area (Å²) in [7, 11) is 0. The van der Waals surface area contributed by atoms with Crippen LogP contribution in [0.1, 0.15) is 31.1 Å². The van der Waals surface area contributed by atoms with Crippen LogP contribution in [0.2, 0.25) is 5.28 Å². The minimum atomic E-state index is -0.494. The van der Waals surface area contributed by atoms with Gasteiger partial charge in [0.05, 0.1) is 5.56 Å². The molecular weight excluding hydrogens is 320 g/mol. The zero-order valence-corrected chi connectivity index (χ0v) is 14.0. The molecule has 0 aromatic carbocycles. The lowest BCUT2D eigenvalue weighted by Gasteiger charge is -2.26. The number of carbonyl (C=O) groups is 2.